The number of carbonyl (C=O) groups is 2. The van der Waals surface area contributed by atoms with E-state index in [1.54, 1.807) is 67.0 Å². The van der Waals surface area contributed by atoms with Crippen LogP contribution < -0.4 is 4.74 Å². The van der Waals surface area contributed by atoms with E-state index in [1.807, 2.05) is 31.2 Å². The Morgan fingerprint density at radius 2 is 1.71 bits per heavy atom. The van der Waals surface area contributed by atoms with E-state index in [0.29, 0.717) is 28.5 Å². The largest absolute Gasteiger partial charge is 0.507 e. The SMILES string of the molecule is Cc1cccc(COc2ccc(C(O)=C3C(=O)C(=O)N(Cc4cccnc4)[C@H]3c3ccc(Cl)cc3)cc2)c1. The molecule has 1 N–H and O–H groups in total. The number of hydrogen-bond acceptors (Lipinski definition) is 5. The minimum absolute atomic E-state index is 0.0228. The first kappa shape index (κ1) is 25.2. The Morgan fingerprint density at radius 3 is 2.39 bits per heavy atom. The van der Waals surface area contributed by atoms with Gasteiger partial charge in [0.2, 0.25) is 0 Å². The minimum atomic E-state index is -0.787. The fourth-order valence-corrected chi connectivity index (χ4v) is 4.68. The molecule has 0 aliphatic carbocycles. The number of nitrogens with zero attached hydrogens (tertiary/aromatic N) is 2. The van der Waals surface area contributed by atoms with Gasteiger partial charge in [0, 0.05) is 29.5 Å². The van der Waals surface area contributed by atoms with Crippen LogP contribution in [-0.4, -0.2) is 26.7 Å². The van der Waals surface area contributed by atoms with Crippen LogP contribution >= 0.6 is 11.6 Å². The summed E-state index contributed by atoms with van der Waals surface area (Å²) >= 11 is 6.09. The maximum Gasteiger partial charge on any atom is 0.295 e. The summed E-state index contributed by atoms with van der Waals surface area (Å²) in [5, 5.41) is 11.8. The Kier molecular flexibility index (Phi) is 7.24. The van der Waals surface area contributed by atoms with Crippen LogP contribution in [0, 0.1) is 6.92 Å². The Balaban J connectivity index is 1.47. The third kappa shape index (κ3) is 5.31. The highest BCUT2D eigenvalue weighted by molar-refractivity contribution is 6.46. The van der Waals surface area contributed by atoms with Crippen LogP contribution in [0.5, 0.6) is 5.75 Å². The lowest BCUT2D eigenvalue weighted by atomic mass is 9.95. The van der Waals surface area contributed by atoms with Gasteiger partial charge in [-0.05, 0) is 66.1 Å². The first-order valence-electron chi connectivity index (χ1n) is 12.1. The summed E-state index contributed by atoms with van der Waals surface area (Å²) in [7, 11) is 0. The third-order valence-corrected chi connectivity index (χ3v) is 6.67. The second-order valence-electron chi connectivity index (χ2n) is 9.14. The Bertz CT molecular complexity index is 1500. The predicted molar refractivity (Wildman–Crippen MR) is 145 cm³/mol. The monoisotopic (exact) mass is 524 g/mol. The second-order valence-corrected chi connectivity index (χ2v) is 9.58. The van der Waals surface area contributed by atoms with Crippen LogP contribution in [0.15, 0.2) is 103 Å². The van der Waals surface area contributed by atoms with Crippen LogP contribution in [0.1, 0.15) is 33.9 Å². The molecule has 6 nitrogen and oxygen atoms in total. The van der Waals surface area contributed by atoms with Crippen molar-refractivity contribution in [1.82, 2.24) is 9.88 Å². The molecule has 0 spiro atoms. The van der Waals surface area contributed by atoms with E-state index in [9.17, 15) is 14.7 Å². The number of hydrogen-bond donors (Lipinski definition) is 1. The van der Waals surface area contributed by atoms with Gasteiger partial charge in [0.15, 0.2) is 0 Å². The lowest BCUT2D eigenvalue weighted by molar-refractivity contribution is -0.140. The number of likely N-dealkylation sites (tertiary alicyclic amines) is 1. The number of carbonyl (C=O) groups excluding carboxylic acids is 2. The highest BCUT2D eigenvalue weighted by Crippen LogP contribution is 2.40. The predicted octanol–water partition coefficient (Wildman–Crippen LogP) is 6.24. The molecule has 1 fully saturated rings. The molecule has 1 amide bonds. The summed E-state index contributed by atoms with van der Waals surface area (Å²) < 4.78 is 5.89. The van der Waals surface area contributed by atoms with Crippen molar-refractivity contribution in [3.8, 4) is 5.75 Å². The van der Waals surface area contributed by atoms with Gasteiger partial charge in [0.25, 0.3) is 11.7 Å². The van der Waals surface area contributed by atoms with Crippen molar-refractivity contribution in [2.45, 2.75) is 26.1 Å². The van der Waals surface area contributed by atoms with Crippen molar-refractivity contribution in [2.24, 2.45) is 0 Å². The zero-order chi connectivity index (χ0) is 26.6. The van der Waals surface area contributed by atoms with Crippen molar-refractivity contribution in [2.75, 3.05) is 0 Å². The van der Waals surface area contributed by atoms with E-state index in [2.05, 4.69) is 11.1 Å². The van der Waals surface area contributed by atoms with Crippen molar-refractivity contribution in [3.05, 3.63) is 136 Å². The molecular weight excluding hydrogens is 500 g/mol. The molecule has 0 radical (unpaired) electrons. The number of aromatic nitrogens is 1. The molecule has 2 heterocycles. The molecule has 4 aromatic rings. The van der Waals surface area contributed by atoms with Gasteiger partial charge in [-0.25, -0.2) is 0 Å². The number of Topliss-reactive ketones (excluding diaryl/α,β-unsaturated/α-hetero) is 1. The third-order valence-electron chi connectivity index (χ3n) is 6.42. The number of ketones is 1. The smallest absolute Gasteiger partial charge is 0.295 e. The molecule has 5 rings (SSSR count). The molecule has 0 saturated carbocycles. The summed E-state index contributed by atoms with van der Waals surface area (Å²) in [4.78, 5) is 32.0. The van der Waals surface area contributed by atoms with Gasteiger partial charge in [-0.3, -0.25) is 14.6 Å². The van der Waals surface area contributed by atoms with E-state index in [0.717, 1.165) is 16.7 Å². The quantitative estimate of drug-likeness (QED) is 0.176. The standard InChI is InChI=1S/C31H25ClN2O4/c1-20-4-2-5-21(16-20)19-38-26-13-9-24(10-14-26)29(35)27-28(23-7-11-25(32)12-8-23)34(31(37)30(27)36)18-22-6-3-15-33-17-22/h2-17,28,35H,18-19H2,1H3/t28-/m0/s1. The Hall–Kier alpha value is -4.42. The molecule has 1 aliphatic rings. The number of aliphatic hydroxyl groups is 1. The van der Waals surface area contributed by atoms with Gasteiger partial charge in [-0.2, -0.15) is 0 Å². The summed E-state index contributed by atoms with van der Waals surface area (Å²) in [5.74, 6) is -1.06. The van der Waals surface area contributed by atoms with Gasteiger partial charge in [-0.15, -0.1) is 0 Å². The number of amides is 1. The number of halogens is 1. The fourth-order valence-electron chi connectivity index (χ4n) is 4.56. The molecule has 1 atom stereocenters. The minimum Gasteiger partial charge on any atom is -0.507 e. The van der Waals surface area contributed by atoms with Crippen LogP contribution in [0.25, 0.3) is 5.76 Å². The Labute approximate surface area is 225 Å². The topological polar surface area (TPSA) is 79.7 Å². The molecule has 3 aromatic carbocycles. The lowest BCUT2D eigenvalue weighted by Crippen LogP contribution is -2.29. The van der Waals surface area contributed by atoms with Gasteiger partial charge in [-0.1, -0.05) is 59.6 Å². The van der Waals surface area contributed by atoms with Gasteiger partial charge in [0.1, 0.15) is 18.1 Å². The van der Waals surface area contributed by atoms with E-state index in [-0.39, 0.29) is 17.9 Å². The summed E-state index contributed by atoms with van der Waals surface area (Å²) in [6.07, 6.45) is 3.29. The summed E-state index contributed by atoms with van der Waals surface area (Å²) in [5.41, 5.74) is 4.07. The zero-order valence-corrected chi connectivity index (χ0v) is 21.4. The average Bonchev–Trinajstić information content (AvgIpc) is 3.18. The molecule has 0 bridgehead atoms. The van der Waals surface area contributed by atoms with Crippen molar-refractivity contribution >= 4 is 29.1 Å². The second kappa shape index (κ2) is 10.9. The summed E-state index contributed by atoms with van der Waals surface area (Å²) in [6, 6.07) is 24.6. The van der Waals surface area contributed by atoms with Gasteiger partial charge < -0.3 is 14.7 Å². The van der Waals surface area contributed by atoms with Gasteiger partial charge in [0.05, 0.1) is 11.6 Å². The first-order valence-corrected chi connectivity index (χ1v) is 12.5. The van der Waals surface area contributed by atoms with E-state index >= 15 is 0 Å². The van der Waals surface area contributed by atoms with E-state index in [1.165, 1.54) is 4.90 Å². The van der Waals surface area contributed by atoms with Crippen molar-refractivity contribution in [1.29, 1.82) is 0 Å². The molecule has 1 aliphatic heterocycles. The highest BCUT2D eigenvalue weighted by Gasteiger charge is 2.46. The number of pyridine rings is 1. The molecule has 7 heteroatoms. The molecule has 0 unspecified atom stereocenters. The molecule has 38 heavy (non-hydrogen) atoms. The number of ether oxygens (including phenoxy) is 1. The van der Waals surface area contributed by atoms with Crippen molar-refractivity contribution < 1.29 is 19.4 Å². The number of aliphatic hydroxyl groups excluding tert-OH is 1. The molecule has 1 saturated heterocycles. The molecular formula is C31H25ClN2O4. The van der Waals surface area contributed by atoms with Crippen LogP contribution in [-0.2, 0) is 22.7 Å². The van der Waals surface area contributed by atoms with Gasteiger partial charge >= 0.3 is 0 Å². The van der Waals surface area contributed by atoms with Crippen LogP contribution in [0.3, 0.4) is 0 Å². The highest BCUT2D eigenvalue weighted by atomic mass is 35.5. The number of aryl methyl sites for hydroxylation is 1. The van der Waals surface area contributed by atoms with E-state index in [4.69, 9.17) is 16.3 Å². The molecule has 1 aromatic heterocycles. The maximum absolute atomic E-state index is 13.2. The summed E-state index contributed by atoms with van der Waals surface area (Å²) in [6.45, 7) is 2.59. The fraction of sp³-hybridized carbons (Fsp3) is 0.129. The zero-order valence-electron chi connectivity index (χ0n) is 20.7. The molecule has 190 valence electrons. The van der Waals surface area contributed by atoms with Crippen LogP contribution in [0.2, 0.25) is 5.02 Å². The average molecular weight is 525 g/mol. The normalized spacial score (nSPS) is 16.6. The maximum atomic E-state index is 13.2. The first-order chi connectivity index (χ1) is 18.4. The Morgan fingerprint density at radius 1 is 0.974 bits per heavy atom. The van der Waals surface area contributed by atoms with Crippen LogP contribution in [0.4, 0.5) is 0 Å². The number of rotatable bonds is 7. The lowest BCUT2D eigenvalue weighted by Gasteiger charge is -2.25. The number of benzene rings is 3. The van der Waals surface area contributed by atoms with Crippen molar-refractivity contribution in [3.63, 3.8) is 0 Å². The van der Waals surface area contributed by atoms with E-state index < -0.39 is 17.7 Å².